The summed E-state index contributed by atoms with van der Waals surface area (Å²) in [5, 5.41) is 0. The second-order valence-electron chi connectivity index (χ2n) is 5.75. The van der Waals surface area contributed by atoms with Gasteiger partial charge >= 0.3 is 6.09 Å². The van der Waals surface area contributed by atoms with E-state index < -0.39 is 6.09 Å². The molecule has 0 atom stereocenters. The highest BCUT2D eigenvalue weighted by Crippen LogP contribution is 2.16. The molecule has 0 saturated carbocycles. The average Bonchev–Trinajstić information content (AvgIpc) is 2.72. The van der Waals surface area contributed by atoms with Crippen LogP contribution >= 0.6 is 0 Å². The van der Waals surface area contributed by atoms with E-state index in [0.29, 0.717) is 11.3 Å². The largest absolute Gasteiger partial charge is 0.444 e. The highest BCUT2D eigenvalue weighted by molar-refractivity contribution is 6.03. The van der Waals surface area contributed by atoms with E-state index in [1.54, 1.807) is 36.4 Å². The van der Waals surface area contributed by atoms with Gasteiger partial charge in [0.2, 0.25) is 0 Å². The molecule has 4 nitrogen and oxygen atoms in total. The highest BCUT2D eigenvalue weighted by Gasteiger charge is 2.21. The fourth-order valence-corrected chi connectivity index (χ4v) is 2.53. The lowest BCUT2D eigenvalue weighted by molar-refractivity contribution is 0.0988. The van der Waals surface area contributed by atoms with E-state index in [0.717, 1.165) is 5.56 Å². The van der Waals surface area contributed by atoms with Crippen molar-refractivity contribution in [2.75, 3.05) is 11.4 Å². The second kappa shape index (κ2) is 8.62. The molecule has 1 amide bonds. The lowest BCUT2D eigenvalue weighted by Crippen LogP contribution is -2.36. The van der Waals surface area contributed by atoms with Gasteiger partial charge in [0.15, 0.2) is 5.78 Å². The fourth-order valence-electron chi connectivity index (χ4n) is 2.53. The Morgan fingerprint density at radius 3 is 1.88 bits per heavy atom. The Kier molecular flexibility index (Phi) is 5.78. The van der Waals surface area contributed by atoms with E-state index >= 15 is 0 Å². The molecule has 3 rings (SSSR count). The van der Waals surface area contributed by atoms with Crippen LogP contribution in [0, 0.1) is 0 Å². The number of benzene rings is 3. The zero-order chi connectivity index (χ0) is 18.2. The predicted octanol–water partition coefficient (Wildman–Crippen LogP) is 4.71. The molecule has 0 unspecified atom stereocenters. The van der Waals surface area contributed by atoms with Crippen molar-refractivity contribution in [1.29, 1.82) is 0 Å². The van der Waals surface area contributed by atoms with Gasteiger partial charge in [-0.15, -0.1) is 0 Å². The molecule has 0 aromatic heterocycles. The molecule has 3 aromatic rings. The van der Waals surface area contributed by atoms with Gasteiger partial charge in [-0.2, -0.15) is 0 Å². The third kappa shape index (κ3) is 4.57. The molecule has 0 radical (unpaired) electrons. The molecule has 0 aliphatic carbocycles. The van der Waals surface area contributed by atoms with Crippen LogP contribution in [0.4, 0.5) is 10.5 Å². The van der Waals surface area contributed by atoms with Crippen molar-refractivity contribution in [2.24, 2.45) is 0 Å². The maximum Gasteiger partial charge on any atom is 0.415 e. The van der Waals surface area contributed by atoms with Crippen molar-refractivity contribution in [2.45, 2.75) is 6.61 Å². The van der Waals surface area contributed by atoms with Crippen LogP contribution in [-0.4, -0.2) is 18.4 Å². The molecule has 0 heterocycles. The lowest BCUT2D eigenvalue weighted by atomic mass is 10.1. The van der Waals surface area contributed by atoms with Gasteiger partial charge in [-0.25, -0.2) is 4.79 Å². The Morgan fingerprint density at radius 2 is 1.27 bits per heavy atom. The number of hydrogen-bond donors (Lipinski definition) is 0. The molecule has 0 aliphatic rings. The van der Waals surface area contributed by atoms with Crippen LogP contribution in [0.5, 0.6) is 0 Å². The topological polar surface area (TPSA) is 46.6 Å². The number of rotatable bonds is 6. The number of hydrogen-bond acceptors (Lipinski definition) is 3. The Morgan fingerprint density at radius 1 is 0.731 bits per heavy atom. The van der Waals surface area contributed by atoms with Crippen molar-refractivity contribution >= 4 is 17.6 Å². The van der Waals surface area contributed by atoms with E-state index in [2.05, 4.69) is 0 Å². The zero-order valence-corrected chi connectivity index (χ0v) is 14.2. The molecule has 3 aromatic carbocycles. The summed E-state index contributed by atoms with van der Waals surface area (Å²) in [6, 6.07) is 27.4. The number of carbonyl (C=O) groups excluding carboxylic acids is 2. The molecule has 0 spiro atoms. The van der Waals surface area contributed by atoms with Crippen LogP contribution < -0.4 is 4.90 Å². The number of carbonyl (C=O) groups is 2. The first kappa shape index (κ1) is 17.4. The second-order valence-corrected chi connectivity index (χ2v) is 5.75. The minimum absolute atomic E-state index is 0.0817. The van der Waals surface area contributed by atoms with Gasteiger partial charge in [0.05, 0.1) is 6.54 Å². The van der Waals surface area contributed by atoms with Gasteiger partial charge in [0.1, 0.15) is 6.61 Å². The predicted molar refractivity (Wildman–Crippen MR) is 101 cm³/mol. The van der Waals surface area contributed by atoms with Crippen molar-refractivity contribution in [3.63, 3.8) is 0 Å². The van der Waals surface area contributed by atoms with Crippen molar-refractivity contribution in [1.82, 2.24) is 0 Å². The van der Waals surface area contributed by atoms with Crippen LogP contribution in [0.15, 0.2) is 91.0 Å². The van der Waals surface area contributed by atoms with E-state index in [1.165, 1.54) is 4.90 Å². The maximum atomic E-state index is 12.6. The number of ketones is 1. The lowest BCUT2D eigenvalue weighted by Gasteiger charge is -2.21. The van der Waals surface area contributed by atoms with E-state index in [1.807, 2.05) is 54.6 Å². The quantitative estimate of drug-likeness (QED) is 0.608. The van der Waals surface area contributed by atoms with Gasteiger partial charge in [0.25, 0.3) is 0 Å². The third-order valence-corrected chi connectivity index (χ3v) is 3.89. The minimum Gasteiger partial charge on any atom is -0.444 e. The van der Waals surface area contributed by atoms with E-state index in [-0.39, 0.29) is 18.9 Å². The van der Waals surface area contributed by atoms with Crippen LogP contribution in [0.2, 0.25) is 0 Å². The summed E-state index contributed by atoms with van der Waals surface area (Å²) in [5.74, 6) is -0.147. The normalized spacial score (nSPS) is 10.2. The SMILES string of the molecule is O=C(CN(C(=O)OCc1ccccc1)c1ccccc1)c1ccccc1. The zero-order valence-electron chi connectivity index (χ0n) is 14.2. The van der Waals surface area contributed by atoms with Gasteiger partial charge in [-0.3, -0.25) is 9.69 Å². The number of para-hydroxylation sites is 1. The first-order valence-corrected chi connectivity index (χ1v) is 8.35. The number of ether oxygens (including phenoxy) is 1. The first-order valence-electron chi connectivity index (χ1n) is 8.35. The summed E-state index contributed by atoms with van der Waals surface area (Å²) in [5.41, 5.74) is 2.07. The number of nitrogens with zero attached hydrogens (tertiary/aromatic N) is 1. The summed E-state index contributed by atoms with van der Waals surface area (Å²) >= 11 is 0. The molecule has 0 bridgehead atoms. The summed E-state index contributed by atoms with van der Waals surface area (Å²) in [7, 11) is 0. The number of Topliss-reactive ketones (excluding diaryl/α,β-unsaturated/α-hetero) is 1. The van der Waals surface area contributed by atoms with E-state index in [4.69, 9.17) is 4.74 Å². The van der Waals surface area contributed by atoms with Crippen molar-refractivity contribution < 1.29 is 14.3 Å². The number of anilines is 1. The highest BCUT2D eigenvalue weighted by atomic mass is 16.6. The van der Waals surface area contributed by atoms with Gasteiger partial charge in [-0.05, 0) is 17.7 Å². The average molecular weight is 345 g/mol. The Hall–Kier alpha value is -3.40. The van der Waals surface area contributed by atoms with E-state index in [9.17, 15) is 9.59 Å². The molecule has 0 fully saturated rings. The number of amides is 1. The van der Waals surface area contributed by atoms with Crippen molar-refractivity contribution in [3.8, 4) is 0 Å². The van der Waals surface area contributed by atoms with Crippen LogP contribution in [-0.2, 0) is 11.3 Å². The summed E-state index contributed by atoms with van der Waals surface area (Å²) in [4.78, 5) is 26.6. The Bertz CT molecular complexity index is 848. The summed E-state index contributed by atoms with van der Waals surface area (Å²) in [6.45, 7) is 0.0736. The van der Waals surface area contributed by atoms with Crippen LogP contribution in [0.3, 0.4) is 0 Å². The smallest absolute Gasteiger partial charge is 0.415 e. The third-order valence-electron chi connectivity index (χ3n) is 3.89. The van der Waals surface area contributed by atoms with Gasteiger partial charge in [-0.1, -0.05) is 78.9 Å². The summed E-state index contributed by atoms with van der Waals surface area (Å²) < 4.78 is 5.42. The molecule has 130 valence electrons. The molecule has 4 heteroatoms. The fraction of sp³-hybridized carbons (Fsp3) is 0.0909. The molecular weight excluding hydrogens is 326 g/mol. The summed E-state index contributed by atoms with van der Waals surface area (Å²) in [6.07, 6.45) is -0.552. The van der Waals surface area contributed by atoms with Gasteiger partial charge < -0.3 is 4.74 Å². The van der Waals surface area contributed by atoms with Crippen molar-refractivity contribution in [3.05, 3.63) is 102 Å². The molecule has 0 saturated heterocycles. The first-order chi connectivity index (χ1) is 12.7. The molecular formula is C22H19NO3. The Labute approximate surface area is 152 Å². The van der Waals surface area contributed by atoms with Crippen LogP contribution in [0.1, 0.15) is 15.9 Å². The molecule has 0 N–H and O–H groups in total. The molecule has 26 heavy (non-hydrogen) atoms. The minimum atomic E-state index is -0.552. The van der Waals surface area contributed by atoms with Crippen LogP contribution in [0.25, 0.3) is 0 Å². The maximum absolute atomic E-state index is 12.6. The molecule has 0 aliphatic heterocycles. The monoisotopic (exact) mass is 345 g/mol. The van der Waals surface area contributed by atoms with Gasteiger partial charge in [0, 0.05) is 11.3 Å². The Balaban J connectivity index is 1.75. The standard InChI is InChI=1S/C22H19NO3/c24-21(19-12-6-2-7-13-19)16-23(20-14-8-3-9-15-20)22(25)26-17-18-10-4-1-5-11-18/h1-15H,16-17H2.